The van der Waals surface area contributed by atoms with E-state index in [-0.39, 0.29) is 0 Å². The first-order valence-corrected chi connectivity index (χ1v) is 10.0. The predicted molar refractivity (Wildman–Crippen MR) is 116 cm³/mol. The number of morpholine rings is 1. The zero-order chi connectivity index (χ0) is 20.6. The molecule has 4 aromatic heterocycles. The number of rotatable bonds is 4. The fraction of sp³-hybridized carbons (Fsp3) is 0.190. The first kappa shape index (κ1) is 17.8. The maximum atomic E-state index is 5.39. The Morgan fingerprint density at radius 3 is 2.77 bits per heavy atom. The summed E-state index contributed by atoms with van der Waals surface area (Å²) < 4.78 is 7.34. The number of nitrogens with one attached hydrogen (secondary N) is 2. The van der Waals surface area contributed by atoms with Crippen LogP contribution in [0.4, 0.5) is 17.5 Å². The van der Waals surface area contributed by atoms with Gasteiger partial charge in [-0.25, -0.2) is 19.9 Å². The van der Waals surface area contributed by atoms with Gasteiger partial charge in [0.15, 0.2) is 11.5 Å². The topological polar surface area (TPSA) is 109 Å². The number of anilines is 3. The van der Waals surface area contributed by atoms with E-state index in [0.717, 1.165) is 46.6 Å². The molecule has 31 heavy (non-hydrogen) atoms. The summed E-state index contributed by atoms with van der Waals surface area (Å²) >= 11 is 0. The molecule has 5 aromatic rings. The van der Waals surface area contributed by atoms with Crippen molar-refractivity contribution >= 4 is 34.0 Å². The number of H-pyrrole nitrogens is 1. The average molecular weight is 413 g/mol. The van der Waals surface area contributed by atoms with Gasteiger partial charge in [0, 0.05) is 42.6 Å². The van der Waals surface area contributed by atoms with Crippen LogP contribution in [0.25, 0.3) is 27.8 Å². The fourth-order valence-electron chi connectivity index (χ4n) is 3.70. The molecule has 6 rings (SSSR count). The number of hydrogen-bond acceptors (Lipinski definition) is 8. The highest BCUT2D eigenvalue weighted by Gasteiger charge is 2.14. The third-order valence-electron chi connectivity index (χ3n) is 5.31. The summed E-state index contributed by atoms with van der Waals surface area (Å²) in [5, 5.41) is 11.5. The molecule has 1 fully saturated rings. The molecule has 1 aliphatic rings. The molecule has 10 heteroatoms. The Hall–Kier alpha value is -4.05. The molecule has 154 valence electrons. The molecular weight excluding hydrogens is 394 g/mol. The minimum Gasteiger partial charge on any atom is -0.378 e. The Morgan fingerprint density at radius 2 is 1.90 bits per heavy atom. The largest absolute Gasteiger partial charge is 0.378 e. The van der Waals surface area contributed by atoms with Crippen molar-refractivity contribution in [3.63, 3.8) is 0 Å². The maximum Gasteiger partial charge on any atom is 0.225 e. The standard InChI is InChI=1S/C21H19N9O/c1-2-15-10-25-28-17(15)9-14(1)18-13-30-4-3-22-20(30)19(27-18)26-16-11-23-21(24-12-16)29-5-7-31-8-6-29/h1-4,9-13H,5-8H2,(H,25,28)(H,26,27). The van der Waals surface area contributed by atoms with Gasteiger partial charge in [0.25, 0.3) is 0 Å². The van der Waals surface area contributed by atoms with Gasteiger partial charge in [-0.3, -0.25) is 5.10 Å². The van der Waals surface area contributed by atoms with Gasteiger partial charge in [0.05, 0.1) is 48.7 Å². The zero-order valence-electron chi connectivity index (χ0n) is 16.6. The number of aromatic nitrogens is 7. The van der Waals surface area contributed by atoms with Gasteiger partial charge in [0.2, 0.25) is 5.95 Å². The third-order valence-corrected chi connectivity index (χ3v) is 5.31. The molecular formula is C21H19N9O. The van der Waals surface area contributed by atoms with E-state index in [4.69, 9.17) is 9.72 Å². The van der Waals surface area contributed by atoms with E-state index in [1.165, 1.54) is 0 Å². The summed E-state index contributed by atoms with van der Waals surface area (Å²) in [6.07, 6.45) is 11.0. The van der Waals surface area contributed by atoms with Gasteiger partial charge in [-0.2, -0.15) is 5.10 Å². The van der Waals surface area contributed by atoms with Gasteiger partial charge in [-0.1, -0.05) is 12.1 Å². The highest BCUT2D eigenvalue weighted by molar-refractivity contribution is 5.83. The average Bonchev–Trinajstić information content (AvgIpc) is 3.49. The van der Waals surface area contributed by atoms with Gasteiger partial charge >= 0.3 is 0 Å². The zero-order valence-corrected chi connectivity index (χ0v) is 16.6. The van der Waals surface area contributed by atoms with E-state index in [1.54, 1.807) is 24.8 Å². The van der Waals surface area contributed by atoms with Gasteiger partial charge in [-0.15, -0.1) is 0 Å². The second-order valence-corrected chi connectivity index (χ2v) is 7.30. The quantitative estimate of drug-likeness (QED) is 0.463. The summed E-state index contributed by atoms with van der Waals surface area (Å²) in [5.74, 6) is 1.34. The highest BCUT2D eigenvalue weighted by Crippen LogP contribution is 2.26. The number of ether oxygens (including phenoxy) is 1. The maximum absolute atomic E-state index is 5.39. The number of benzene rings is 1. The lowest BCUT2D eigenvalue weighted by molar-refractivity contribution is 0.122. The van der Waals surface area contributed by atoms with Crippen molar-refractivity contribution in [2.75, 3.05) is 36.5 Å². The Bertz CT molecular complexity index is 1350. The fourth-order valence-corrected chi connectivity index (χ4v) is 3.70. The van der Waals surface area contributed by atoms with Crippen LogP contribution in [0.3, 0.4) is 0 Å². The summed E-state index contributed by atoms with van der Waals surface area (Å²) in [5.41, 5.74) is 4.23. The molecule has 1 aliphatic heterocycles. The lowest BCUT2D eigenvalue weighted by Crippen LogP contribution is -2.37. The van der Waals surface area contributed by atoms with Crippen LogP contribution in [-0.4, -0.2) is 60.8 Å². The predicted octanol–water partition coefficient (Wildman–Crippen LogP) is 2.64. The Balaban J connectivity index is 1.33. The SMILES string of the molecule is c1cn2cc(-c3ccc4cn[nH]c4c3)nc(Nc3cnc(N4CCOCC4)nc3)c2n1. The van der Waals surface area contributed by atoms with Crippen LogP contribution in [0.1, 0.15) is 0 Å². The van der Waals surface area contributed by atoms with Crippen molar-refractivity contribution in [1.82, 2.24) is 34.5 Å². The molecule has 2 N–H and O–H groups in total. The Morgan fingerprint density at radius 1 is 1.03 bits per heavy atom. The second kappa shape index (κ2) is 7.33. The van der Waals surface area contributed by atoms with Crippen LogP contribution in [0.5, 0.6) is 0 Å². The highest BCUT2D eigenvalue weighted by atomic mass is 16.5. The van der Waals surface area contributed by atoms with Crippen molar-refractivity contribution in [1.29, 1.82) is 0 Å². The van der Waals surface area contributed by atoms with E-state index in [0.29, 0.717) is 25.0 Å². The summed E-state index contributed by atoms with van der Waals surface area (Å²) in [6.45, 7) is 2.99. The molecule has 0 amide bonds. The minimum absolute atomic E-state index is 0.634. The van der Waals surface area contributed by atoms with Crippen molar-refractivity contribution in [3.8, 4) is 11.3 Å². The van der Waals surface area contributed by atoms with E-state index >= 15 is 0 Å². The van der Waals surface area contributed by atoms with Crippen molar-refractivity contribution < 1.29 is 4.74 Å². The molecule has 1 saturated heterocycles. The number of hydrogen-bond donors (Lipinski definition) is 2. The minimum atomic E-state index is 0.634. The molecule has 0 atom stereocenters. The van der Waals surface area contributed by atoms with Crippen molar-refractivity contribution in [3.05, 3.63) is 55.4 Å². The molecule has 5 heterocycles. The van der Waals surface area contributed by atoms with Crippen LogP contribution in [0, 0.1) is 0 Å². The lowest BCUT2D eigenvalue weighted by atomic mass is 10.1. The summed E-state index contributed by atoms with van der Waals surface area (Å²) in [4.78, 5) is 20.4. The number of fused-ring (bicyclic) bond motifs is 2. The first-order chi connectivity index (χ1) is 15.3. The summed E-state index contributed by atoms with van der Waals surface area (Å²) in [7, 11) is 0. The van der Waals surface area contributed by atoms with Crippen LogP contribution < -0.4 is 10.2 Å². The molecule has 1 aromatic carbocycles. The molecule has 0 saturated carbocycles. The number of aromatic amines is 1. The van der Waals surface area contributed by atoms with E-state index < -0.39 is 0 Å². The van der Waals surface area contributed by atoms with Crippen LogP contribution >= 0.6 is 0 Å². The van der Waals surface area contributed by atoms with Crippen LogP contribution in [0.15, 0.2) is 55.4 Å². The van der Waals surface area contributed by atoms with Gasteiger partial charge in [0.1, 0.15) is 0 Å². The van der Waals surface area contributed by atoms with Gasteiger partial charge < -0.3 is 19.4 Å². The third kappa shape index (κ3) is 3.32. The second-order valence-electron chi connectivity index (χ2n) is 7.30. The lowest BCUT2D eigenvalue weighted by Gasteiger charge is -2.26. The first-order valence-electron chi connectivity index (χ1n) is 10.0. The smallest absolute Gasteiger partial charge is 0.225 e. The molecule has 0 radical (unpaired) electrons. The summed E-state index contributed by atoms with van der Waals surface area (Å²) in [6, 6.07) is 6.10. The van der Waals surface area contributed by atoms with Crippen LogP contribution in [-0.2, 0) is 4.74 Å². The molecule has 0 unspecified atom stereocenters. The molecule has 0 bridgehead atoms. The van der Waals surface area contributed by atoms with Crippen LogP contribution in [0.2, 0.25) is 0 Å². The Labute approximate surface area is 176 Å². The van der Waals surface area contributed by atoms with Crippen molar-refractivity contribution in [2.45, 2.75) is 0 Å². The molecule has 0 aliphatic carbocycles. The van der Waals surface area contributed by atoms with Gasteiger partial charge in [-0.05, 0) is 6.07 Å². The number of nitrogens with zero attached hydrogens (tertiary/aromatic N) is 7. The molecule has 10 nitrogen and oxygen atoms in total. The van der Waals surface area contributed by atoms with Crippen molar-refractivity contribution in [2.24, 2.45) is 0 Å². The Kier molecular flexibility index (Phi) is 4.20. The van der Waals surface area contributed by atoms with E-state index in [1.807, 2.05) is 35.0 Å². The monoisotopic (exact) mass is 413 g/mol. The van der Waals surface area contributed by atoms with E-state index in [2.05, 4.69) is 35.4 Å². The molecule has 0 spiro atoms. The normalized spacial score (nSPS) is 14.4. The number of imidazole rings is 1. The van der Waals surface area contributed by atoms with E-state index in [9.17, 15) is 0 Å².